The summed E-state index contributed by atoms with van der Waals surface area (Å²) < 4.78 is 1.14. The van der Waals surface area contributed by atoms with Crippen molar-refractivity contribution in [2.24, 2.45) is 5.73 Å². The molecular weight excluding hydrogens is 303 g/mol. The van der Waals surface area contributed by atoms with Crippen LogP contribution in [0.2, 0.25) is 0 Å². The van der Waals surface area contributed by atoms with Gasteiger partial charge >= 0.3 is 0 Å². The van der Waals surface area contributed by atoms with Crippen molar-refractivity contribution in [3.8, 4) is 0 Å². The van der Waals surface area contributed by atoms with Crippen LogP contribution in [-0.2, 0) is 11.2 Å². The molecule has 1 atom stereocenters. The van der Waals surface area contributed by atoms with Crippen molar-refractivity contribution in [1.29, 1.82) is 0 Å². The first-order valence-electron chi connectivity index (χ1n) is 4.85. The number of carbonyl (C=O) groups is 1. The molecule has 15 heavy (non-hydrogen) atoms. The third-order valence-corrected chi connectivity index (χ3v) is 2.69. The molecule has 0 saturated carbocycles. The highest BCUT2D eigenvalue weighted by Gasteiger charge is 2.06. The van der Waals surface area contributed by atoms with Gasteiger partial charge in [0.1, 0.15) is 0 Å². The van der Waals surface area contributed by atoms with Crippen molar-refractivity contribution in [2.75, 3.05) is 6.54 Å². The maximum absolute atomic E-state index is 11.5. The number of halogens is 1. The normalized spacial score (nSPS) is 12.2. The highest BCUT2D eigenvalue weighted by atomic mass is 127. The van der Waals surface area contributed by atoms with E-state index < -0.39 is 0 Å². The Labute approximate surface area is 104 Å². The molecule has 3 nitrogen and oxygen atoms in total. The van der Waals surface area contributed by atoms with Crippen LogP contribution in [0.25, 0.3) is 0 Å². The SMILES string of the molecule is C[C@@H](CN)NC(=O)Cc1cccc(I)c1. The average Bonchev–Trinajstić information content (AvgIpc) is 2.17. The van der Waals surface area contributed by atoms with Gasteiger partial charge in [-0.15, -0.1) is 0 Å². The fourth-order valence-corrected chi connectivity index (χ4v) is 1.82. The number of carbonyl (C=O) groups excluding carboxylic acids is 1. The fraction of sp³-hybridized carbons (Fsp3) is 0.364. The Morgan fingerprint density at radius 1 is 1.60 bits per heavy atom. The van der Waals surface area contributed by atoms with Crippen LogP contribution in [0.5, 0.6) is 0 Å². The van der Waals surface area contributed by atoms with Gasteiger partial charge < -0.3 is 11.1 Å². The van der Waals surface area contributed by atoms with E-state index in [9.17, 15) is 4.79 Å². The third kappa shape index (κ3) is 4.61. The summed E-state index contributed by atoms with van der Waals surface area (Å²) in [5.74, 6) is 0.0231. The number of hydrogen-bond donors (Lipinski definition) is 2. The smallest absolute Gasteiger partial charge is 0.224 e. The highest BCUT2D eigenvalue weighted by Crippen LogP contribution is 2.08. The molecule has 0 bridgehead atoms. The maximum atomic E-state index is 11.5. The van der Waals surface area contributed by atoms with Crippen LogP contribution in [0.3, 0.4) is 0 Å². The van der Waals surface area contributed by atoms with E-state index in [1.54, 1.807) is 0 Å². The number of benzene rings is 1. The molecule has 3 N–H and O–H groups in total. The van der Waals surface area contributed by atoms with Gasteiger partial charge in [-0.25, -0.2) is 0 Å². The highest BCUT2D eigenvalue weighted by molar-refractivity contribution is 14.1. The molecule has 0 spiro atoms. The van der Waals surface area contributed by atoms with Crippen LogP contribution in [0.15, 0.2) is 24.3 Å². The Balaban J connectivity index is 2.51. The first-order valence-corrected chi connectivity index (χ1v) is 5.93. The molecule has 1 rings (SSSR count). The minimum atomic E-state index is 0.0231. The topological polar surface area (TPSA) is 55.1 Å². The molecule has 82 valence electrons. The second-order valence-corrected chi connectivity index (χ2v) is 4.76. The number of nitrogens with two attached hydrogens (primary N) is 1. The van der Waals surface area contributed by atoms with Gasteiger partial charge in [-0.1, -0.05) is 12.1 Å². The zero-order valence-electron chi connectivity index (χ0n) is 8.66. The van der Waals surface area contributed by atoms with Gasteiger partial charge in [0.25, 0.3) is 0 Å². The van der Waals surface area contributed by atoms with Gasteiger partial charge in [0, 0.05) is 16.2 Å². The maximum Gasteiger partial charge on any atom is 0.224 e. The molecule has 0 aromatic heterocycles. The third-order valence-electron chi connectivity index (χ3n) is 2.01. The Morgan fingerprint density at radius 3 is 2.93 bits per heavy atom. The van der Waals surface area contributed by atoms with Crippen molar-refractivity contribution in [2.45, 2.75) is 19.4 Å². The van der Waals surface area contributed by atoms with Crippen LogP contribution in [-0.4, -0.2) is 18.5 Å². The van der Waals surface area contributed by atoms with Gasteiger partial charge in [-0.3, -0.25) is 4.79 Å². The molecule has 0 heterocycles. The van der Waals surface area contributed by atoms with Gasteiger partial charge in [0.05, 0.1) is 6.42 Å². The van der Waals surface area contributed by atoms with Gasteiger partial charge in [-0.2, -0.15) is 0 Å². The quantitative estimate of drug-likeness (QED) is 0.822. The molecule has 0 fully saturated rings. The largest absolute Gasteiger partial charge is 0.352 e. The number of amides is 1. The summed E-state index contributed by atoms with van der Waals surface area (Å²) in [6.07, 6.45) is 0.418. The zero-order chi connectivity index (χ0) is 11.3. The summed E-state index contributed by atoms with van der Waals surface area (Å²) in [5.41, 5.74) is 6.45. The summed E-state index contributed by atoms with van der Waals surface area (Å²) in [6.45, 7) is 2.37. The Bertz CT molecular complexity index is 341. The van der Waals surface area contributed by atoms with Gasteiger partial charge in [0.15, 0.2) is 0 Å². The lowest BCUT2D eigenvalue weighted by Gasteiger charge is -2.11. The lowest BCUT2D eigenvalue weighted by atomic mass is 10.1. The molecule has 1 amide bonds. The molecule has 0 radical (unpaired) electrons. The second kappa shape index (κ2) is 6.07. The Hall–Kier alpha value is -0.620. The lowest BCUT2D eigenvalue weighted by Crippen LogP contribution is -2.38. The van der Waals surface area contributed by atoms with Crippen LogP contribution in [0.4, 0.5) is 0 Å². The molecule has 1 aromatic carbocycles. The van der Waals surface area contributed by atoms with E-state index in [4.69, 9.17) is 5.73 Å². The second-order valence-electron chi connectivity index (χ2n) is 3.51. The van der Waals surface area contributed by atoms with E-state index in [0.29, 0.717) is 13.0 Å². The molecule has 4 heteroatoms. The molecule has 0 aliphatic carbocycles. The molecule has 1 aromatic rings. The van der Waals surface area contributed by atoms with Crippen molar-refractivity contribution < 1.29 is 4.79 Å². The minimum Gasteiger partial charge on any atom is -0.352 e. The Morgan fingerprint density at radius 2 is 2.33 bits per heavy atom. The summed E-state index contributed by atoms with van der Waals surface area (Å²) in [4.78, 5) is 11.5. The summed E-state index contributed by atoms with van der Waals surface area (Å²) in [6, 6.07) is 7.96. The first-order chi connectivity index (χ1) is 7.11. The number of nitrogens with one attached hydrogen (secondary N) is 1. The monoisotopic (exact) mass is 318 g/mol. The lowest BCUT2D eigenvalue weighted by molar-refractivity contribution is -0.120. The number of hydrogen-bond acceptors (Lipinski definition) is 2. The Kier molecular flexibility index (Phi) is 5.04. The standard InChI is InChI=1S/C11H15IN2O/c1-8(7-13)14-11(15)6-9-3-2-4-10(12)5-9/h2-5,8H,6-7,13H2,1H3,(H,14,15)/t8-/m0/s1. The van der Waals surface area contributed by atoms with Crippen molar-refractivity contribution in [1.82, 2.24) is 5.32 Å². The van der Waals surface area contributed by atoms with E-state index in [2.05, 4.69) is 27.9 Å². The van der Waals surface area contributed by atoms with Crippen LogP contribution < -0.4 is 11.1 Å². The van der Waals surface area contributed by atoms with Gasteiger partial charge in [0.2, 0.25) is 5.91 Å². The van der Waals surface area contributed by atoms with Crippen molar-refractivity contribution in [3.05, 3.63) is 33.4 Å². The molecule has 0 unspecified atom stereocenters. The van der Waals surface area contributed by atoms with E-state index in [1.165, 1.54) is 0 Å². The fourth-order valence-electron chi connectivity index (χ4n) is 1.22. The van der Waals surface area contributed by atoms with Crippen molar-refractivity contribution in [3.63, 3.8) is 0 Å². The molecular formula is C11H15IN2O. The van der Waals surface area contributed by atoms with Gasteiger partial charge in [-0.05, 0) is 47.2 Å². The first kappa shape index (κ1) is 12.4. The zero-order valence-corrected chi connectivity index (χ0v) is 10.8. The summed E-state index contributed by atoms with van der Waals surface area (Å²) in [5, 5.41) is 2.83. The predicted molar refractivity (Wildman–Crippen MR) is 69.5 cm³/mol. The number of rotatable bonds is 4. The molecule has 0 aliphatic rings. The predicted octanol–water partition coefficient (Wildman–Crippen LogP) is 1.30. The summed E-state index contributed by atoms with van der Waals surface area (Å²) >= 11 is 2.23. The van der Waals surface area contributed by atoms with Crippen molar-refractivity contribution >= 4 is 28.5 Å². The van der Waals surface area contributed by atoms with E-state index in [1.807, 2.05) is 31.2 Å². The minimum absolute atomic E-state index is 0.0231. The molecule has 0 aliphatic heterocycles. The van der Waals surface area contributed by atoms with Crippen LogP contribution in [0.1, 0.15) is 12.5 Å². The summed E-state index contributed by atoms with van der Waals surface area (Å²) in [7, 11) is 0. The van der Waals surface area contributed by atoms with E-state index in [-0.39, 0.29) is 11.9 Å². The van der Waals surface area contributed by atoms with E-state index >= 15 is 0 Å². The van der Waals surface area contributed by atoms with Crippen LogP contribution in [0, 0.1) is 3.57 Å². The molecule has 0 saturated heterocycles. The average molecular weight is 318 g/mol. The van der Waals surface area contributed by atoms with E-state index in [0.717, 1.165) is 9.13 Å². The van der Waals surface area contributed by atoms with Crippen LogP contribution >= 0.6 is 22.6 Å².